The summed E-state index contributed by atoms with van der Waals surface area (Å²) in [6.45, 7) is 0.684. The van der Waals surface area contributed by atoms with Crippen molar-refractivity contribution in [2.75, 3.05) is 6.61 Å². The average molecular weight is 295 g/mol. The fourth-order valence-corrected chi connectivity index (χ4v) is 2.50. The summed E-state index contributed by atoms with van der Waals surface area (Å²) in [5.41, 5.74) is 0.496. The van der Waals surface area contributed by atoms with Gasteiger partial charge in [-0.1, -0.05) is 19.3 Å². The average Bonchev–Trinajstić information content (AvgIpc) is 2.38. The highest BCUT2D eigenvalue weighted by Gasteiger charge is 2.15. The SMILES string of the molecule is N#Cc1cc(Br)cnc1OCC1CCCCC1. The number of rotatable bonds is 3. The zero-order valence-corrected chi connectivity index (χ0v) is 11.2. The zero-order chi connectivity index (χ0) is 12.1. The van der Waals surface area contributed by atoms with Crippen molar-refractivity contribution in [2.45, 2.75) is 32.1 Å². The molecule has 0 radical (unpaired) electrons. The Labute approximate surface area is 110 Å². The maximum atomic E-state index is 8.99. The molecular formula is C13H15BrN2O. The third-order valence-electron chi connectivity index (χ3n) is 3.12. The lowest BCUT2D eigenvalue weighted by molar-refractivity contribution is 0.202. The van der Waals surface area contributed by atoms with Crippen molar-refractivity contribution < 1.29 is 4.74 Å². The monoisotopic (exact) mass is 294 g/mol. The molecule has 0 aromatic carbocycles. The van der Waals surface area contributed by atoms with Gasteiger partial charge in [-0.25, -0.2) is 4.98 Å². The van der Waals surface area contributed by atoms with Gasteiger partial charge in [-0.15, -0.1) is 0 Å². The van der Waals surface area contributed by atoms with Gasteiger partial charge < -0.3 is 4.74 Å². The van der Waals surface area contributed by atoms with Crippen molar-refractivity contribution in [2.24, 2.45) is 5.92 Å². The first kappa shape index (κ1) is 12.4. The Hall–Kier alpha value is -1.08. The second kappa shape index (κ2) is 6.02. The number of aromatic nitrogens is 1. The van der Waals surface area contributed by atoms with E-state index in [0.717, 1.165) is 4.47 Å². The van der Waals surface area contributed by atoms with Gasteiger partial charge in [0, 0.05) is 10.7 Å². The first-order valence-corrected chi connectivity index (χ1v) is 6.77. The van der Waals surface area contributed by atoms with Crippen LogP contribution in [0.1, 0.15) is 37.7 Å². The van der Waals surface area contributed by atoms with Gasteiger partial charge in [0.1, 0.15) is 11.6 Å². The number of hydrogen-bond donors (Lipinski definition) is 0. The van der Waals surface area contributed by atoms with Crippen LogP contribution in [0.5, 0.6) is 5.88 Å². The summed E-state index contributed by atoms with van der Waals surface area (Å²) in [6.07, 6.45) is 8.07. The maximum Gasteiger partial charge on any atom is 0.231 e. The maximum absolute atomic E-state index is 8.99. The molecule has 0 atom stereocenters. The van der Waals surface area contributed by atoms with Crippen molar-refractivity contribution in [1.82, 2.24) is 4.98 Å². The number of nitrogens with zero attached hydrogens (tertiary/aromatic N) is 2. The molecule has 1 fully saturated rings. The fourth-order valence-electron chi connectivity index (χ4n) is 2.17. The highest BCUT2D eigenvalue weighted by Crippen LogP contribution is 2.25. The molecular weight excluding hydrogens is 280 g/mol. The summed E-state index contributed by atoms with van der Waals surface area (Å²) in [4.78, 5) is 4.14. The normalized spacial score (nSPS) is 16.5. The van der Waals surface area contributed by atoms with Gasteiger partial charge in [0.25, 0.3) is 0 Å². The Morgan fingerprint density at radius 2 is 2.18 bits per heavy atom. The van der Waals surface area contributed by atoms with E-state index in [4.69, 9.17) is 10.00 Å². The predicted molar refractivity (Wildman–Crippen MR) is 68.7 cm³/mol. The van der Waals surface area contributed by atoms with Crippen LogP contribution in [0.4, 0.5) is 0 Å². The van der Waals surface area contributed by atoms with E-state index in [1.807, 2.05) is 0 Å². The van der Waals surface area contributed by atoms with Crippen molar-refractivity contribution >= 4 is 15.9 Å². The van der Waals surface area contributed by atoms with Gasteiger partial charge >= 0.3 is 0 Å². The molecule has 0 amide bonds. The minimum absolute atomic E-state index is 0.460. The summed E-state index contributed by atoms with van der Waals surface area (Å²) in [5, 5.41) is 8.99. The molecule has 1 aromatic rings. The van der Waals surface area contributed by atoms with E-state index in [1.54, 1.807) is 12.3 Å². The van der Waals surface area contributed by atoms with Crippen LogP contribution in [0.2, 0.25) is 0 Å². The number of hydrogen-bond acceptors (Lipinski definition) is 3. The van der Waals surface area contributed by atoms with Crippen LogP contribution in [-0.4, -0.2) is 11.6 Å². The first-order valence-electron chi connectivity index (χ1n) is 5.98. The van der Waals surface area contributed by atoms with Crippen LogP contribution in [0.25, 0.3) is 0 Å². The Bertz CT molecular complexity index is 422. The Morgan fingerprint density at radius 1 is 1.41 bits per heavy atom. The van der Waals surface area contributed by atoms with Crippen LogP contribution >= 0.6 is 15.9 Å². The van der Waals surface area contributed by atoms with Crippen molar-refractivity contribution in [3.8, 4) is 11.9 Å². The molecule has 1 aliphatic rings. The van der Waals surface area contributed by atoms with E-state index in [0.29, 0.717) is 24.0 Å². The van der Waals surface area contributed by atoms with Gasteiger partial charge in [-0.05, 0) is 40.8 Å². The highest BCUT2D eigenvalue weighted by atomic mass is 79.9. The molecule has 1 saturated carbocycles. The summed E-state index contributed by atoms with van der Waals surface area (Å²) in [6, 6.07) is 3.85. The zero-order valence-electron chi connectivity index (χ0n) is 9.66. The van der Waals surface area contributed by atoms with Crippen LogP contribution in [0.3, 0.4) is 0 Å². The van der Waals surface area contributed by atoms with Crippen LogP contribution in [-0.2, 0) is 0 Å². The second-order valence-electron chi connectivity index (χ2n) is 4.43. The quantitative estimate of drug-likeness (QED) is 0.854. The number of halogens is 1. The largest absolute Gasteiger partial charge is 0.476 e. The summed E-state index contributed by atoms with van der Waals surface area (Å²) in [5.74, 6) is 1.09. The molecule has 0 saturated heterocycles. The third-order valence-corrected chi connectivity index (χ3v) is 3.55. The number of nitriles is 1. The molecule has 2 rings (SSSR count). The van der Waals surface area contributed by atoms with E-state index >= 15 is 0 Å². The summed E-state index contributed by atoms with van der Waals surface area (Å²) in [7, 11) is 0. The lowest BCUT2D eigenvalue weighted by Gasteiger charge is -2.21. The van der Waals surface area contributed by atoms with Gasteiger partial charge in [-0.3, -0.25) is 0 Å². The Balaban J connectivity index is 1.96. The smallest absolute Gasteiger partial charge is 0.231 e. The molecule has 3 nitrogen and oxygen atoms in total. The lowest BCUT2D eigenvalue weighted by atomic mass is 9.90. The summed E-state index contributed by atoms with van der Waals surface area (Å²) < 4.78 is 6.47. The molecule has 0 bridgehead atoms. The van der Waals surface area contributed by atoms with Gasteiger partial charge in [0.15, 0.2) is 0 Å². The molecule has 90 valence electrons. The van der Waals surface area contributed by atoms with Crippen LogP contribution in [0, 0.1) is 17.2 Å². The minimum atomic E-state index is 0.460. The van der Waals surface area contributed by atoms with E-state index in [2.05, 4.69) is 27.0 Å². The molecule has 17 heavy (non-hydrogen) atoms. The van der Waals surface area contributed by atoms with E-state index in [9.17, 15) is 0 Å². The van der Waals surface area contributed by atoms with E-state index in [-0.39, 0.29) is 0 Å². The Morgan fingerprint density at radius 3 is 2.88 bits per heavy atom. The van der Waals surface area contributed by atoms with E-state index in [1.165, 1.54) is 32.1 Å². The van der Waals surface area contributed by atoms with Crippen molar-refractivity contribution in [1.29, 1.82) is 5.26 Å². The second-order valence-corrected chi connectivity index (χ2v) is 5.35. The van der Waals surface area contributed by atoms with Crippen molar-refractivity contribution in [3.05, 3.63) is 22.3 Å². The van der Waals surface area contributed by atoms with Crippen molar-refractivity contribution in [3.63, 3.8) is 0 Å². The van der Waals surface area contributed by atoms with E-state index < -0.39 is 0 Å². The Kier molecular flexibility index (Phi) is 4.38. The third kappa shape index (κ3) is 3.44. The number of ether oxygens (including phenoxy) is 1. The fraction of sp³-hybridized carbons (Fsp3) is 0.538. The van der Waals surface area contributed by atoms with Crippen LogP contribution < -0.4 is 4.74 Å². The molecule has 1 aromatic heterocycles. The van der Waals surface area contributed by atoms with Gasteiger partial charge in [-0.2, -0.15) is 5.26 Å². The molecule has 1 aliphatic carbocycles. The van der Waals surface area contributed by atoms with Crippen LogP contribution in [0.15, 0.2) is 16.7 Å². The molecule has 1 heterocycles. The molecule has 0 spiro atoms. The molecule has 0 aliphatic heterocycles. The molecule has 0 N–H and O–H groups in total. The van der Waals surface area contributed by atoms with Gasteiger partial charge in [0.05, 0.1) is 6.61 Å². The van der Waals surface area contributed by atoms with Gasteiger partial charge in [0.2, 0.25) is 5.88 Å². The topological polar surface area (TPSA) is 45.9 Å². The summed E-state index contributed by atoms with van der Waals surface area (Å²) >= 11 is 3.30. The number of pyridine rings is 1. The molecule has 4 heteroatoms. The highest BCUT2D eigenvalue weighted by molar-refractivity contribution is 9.10. The standard InChI is InChI=1S/C13H15BrN2O/c14-12-6-11(7-15)13(16-8-12)17-9-10-4-2-1-3-5-10/h6,8,10H,1-5,9H2. The first-order chi connectivity index (χ1) is 8.29. The lowest BCUT2D eigenvalue weighted by Crippen LogP contribution is -2.16. The minimum Gasteiger partial charge on any atom is -0.476 e. The predicted octanol–water partition coefficient (Wildman–Crippen LogP) is 3.67. The molecule has 0 unspecified atom stereocenters.